The van der Waals surface area contributed by atoms with Crippen molar-refractivity contribution in [3.05, 3.63) is 63.5 Å². The number of carbonyl (C=O) groups is 1. The average Bonchev–Trinajstić information content (AvgIpc) is 3.06. The normalized spacial score (nSPS) is 12.3. The van der Waals surface area contributed by atoms with E-state index in [1.807, 2.05) is 54.9 Å². The summed E-state index contributed by atoms with van der Waals surface area (Å²) in [6.07, 6.45) is -0.693. The summed E-state index contributed by atoms with van der Waals surface area (Å²) < 4.78 is 0. The maximum Gasteiger partial charge on any atom is 0.253 e. The fourth-order valence-electron chi connectivity index (χ4n) is 2.47. The summed E-state index contributed by atoms with van der Waals surface area (Å²) in [6.45, 7) is 4.02. The summed E-state index contributed by atoms with van der Waals surface area (Å²) in [5, 5.41) is 17.5. The smallest absolute Gasteiger partial charge is 0.253 e. The second kappa shape index (κ2) is 6.48. The highest BCUT2D eigenvalue weighted by atomic mass is 32.1. The summed E-state index contributed by atoms with van der Waals surface area (Å²) in [6, 6.07) is 9.68. The maximum atomic E-state index is 12.4. The average molecular weight is 326 g/mol. The van der Waals surface area contributed by atoms with E-state index in [0.717, 1.165) is 22.0 Å². The summed E-state index contributed by atoms with van der Waals surface area (Å²) in [7, 11) is 0. The van der Waals surface area contributed by atoms with Crippen molar-refractivity contribution >= 4 is 28.1 Å². The molecule has 0 aliphatic carbocycles. The van der Waals surface area contributed by atoms with E-state index in [2.05, 4.69) is 10.3 Å². The van der Waals surface area contributed by atoms with E-state index >= 15 is 0 Å². The SMILES string of the molecule is Cc1ccc2cc(C(=O)NCC(O)c3ccsc3)c(C)nc2c1. The van der Waals surface area contributed by atoms with E-state index < -0.39 is 6.10 Å². The molecule has 0 aliphatic heterocycles. The number of aliphatic hydroxyl groups is 1. The van der Waals surface area contributed by atoms with Gasteiger partial charge < -0.3 is 10.4 Å². The van der Waals surface area contributed by atoms with Gasteiger partial charge in [-0.25, -0.2) is 0 Å². The van der Waals surface area contributed by atoms with Crippen LogP contribution in [0.15, 0.2) is 41.1 Å². The standard InChI is InChI=1S/C18H18N2O2S/c1-11-3-4-13-8-15(12(2)20-16(13)7-11)18(22)19-9-17(21)14-5-6-23-10-14/h3-8,10,17,21H,9H2,1-2H3,(H,19,22). The molecule has 3 rings (SSSR count). The molecule has 2 heterocycles. The lowest BCUT2D eigenvalue weighted by molar-refractivity contribution is 0.0915. The van der Waals surface area contributed by atoms with Gasteiger partial charge >= 0.3 is 0 Å². The van der Waals surface area contributed by atoms with Crippen LogP contribution in [-0.2, 0) is 0 Å². The van der Waals surface area contributed by atoms with Gasteiger partial charge in [-0.15, -0.1) is 0 Å². The number of aromatic nitrogens is 1. The van der Waals surface area contributed by atoms with Crippen molar-refractivity contribution in [2.45, 2.75) is 20.0 Å². The van der Waals surface area contributed by atoms with E-state index in [-0.39, 0.29) is 12.5 Å². The minimum Gasteiger partial charge on any atom is -0.387 e. The van der Waals surface area contributed by atoms with Crippen molar-refractivity contribution in [3.8, 4) is 0 Å². The molecule has 4 nitrogen and oxygen atoms in total. The zero-order valence-electron chi connectivity index (χ0n) is 13.0. The number of nitrogens with zero attached hydrogens (tertiary/aromatic N) is 1. The van der Waals surface area contributed by atoms with Crippen molar-refractivity contribution in [2.24, 2.45) is 0 Å². The molecule has 0 aliphatic rings. The van der Waals surface area contributed by atoms with Crippen molar-refractivity contribution in [3.63, 3.8) is 0 Å². The first kappa shape index (κ1) is 15.6. The van der Waals surface area contributed by atoms with E-state index in [9.17, 15) is 9.90 Å². The predicted octanol–water partition coefficient (Wildman–Crippen LogP) is 3.38. The van der Waals surface area contributed by atoms with Gasteiger partial charge in [-0.1, -0.05) is 12.1 Å². The first-order chi connectivity index (χ1) is 11.0. The molecule has 1 unspecified atom stereocenters. The molecule has 0 saturated heterocycles. The first-order valence-corrected chi connectivity index (χ1v) is 8.35. The van der Waals surface area contributed by atoms with Crippen LogP contribution in [-0.4, -0.2) is 22.5 Å². The first-order valence-electron chi connectivity index (χ1n) is 7.41. The van der Waals surface area contributed by atoms with Crippen molar-refractivity contribution < 1.29 is 9.90 Å². The Morgan fingerprint density at radius 1 is 1.30 bits per heavy atom. The van der Waals surface area contributed by atoms with Gasteiger partial charge in [0, 0.05) is 11.9 Å². The molecule has 1 atom stereocenters. The Balaban J connectivity index is 1.78. The lowest BCUT2D eigenvalue weighted by atomic mass is 10.1. The van der Waals surface area contributed by atoms with Crippen molar-refractivity contribution in [1.82, 2.24) is 10.3 Å². The Labute approximate surface area is 138 Å². The zero-order valence-corrected chi connectivity index (χ0v) is 13.9. The molecule has 2 aromatic heterocycles. The molecule has 23 heavy (non-hydrogen) atoms. The molecule has 0 bridgehead atoms. The van der Waals surface area contributed by atoms with E-state index in [1.165, 1.54) is 11.3 Å². The highest BCUT2D eigenvalue weighted by Gasteiger charge is 2.14. The summed E-state index contributed by atoms with van der Waals surface area (Å²) in [4.78, 5) is 16.9. The molecule has 5 heteroatoms. The molecule has 0 radical (unpaired) electrons. The number of hydrogen-bond donors (Lipinski definition) is 2. The molecule has 3 aromatic rings. The predicted molar refractivity (Wildman–Crippen MR) is 92.8 cm³/mol. The quantitative estimate of drug-likeness (QED) is 0.772. The Kier molecular flexibility index (Phi) is 4.41. The van der Waals surface area contributed by atoms with Crippen LogP contribution in [0.2, 0.25) is 0 Å². The van der Waals surface area contributed by atoms with E-state index in [1.54, 1.807) is 0 Å². The second-order valence-electron chi connectivity index (χ2n) is 5.60. The summed E-state index contributed by atoms with van der Waals surface area (Å²) in [5.41, 5.74) is 4.07. The number of carbonyl (C=O) groups excluding carboxylic acids is 1. The van der Waals surface area contributed by atoms with Crippen LogP contribution in [0.3, 0.4) is 0 Å². The Morgan fingerprint density at radius 2 is 2.13 bits per heavy atom. The largest absolute Gasteiger partial charge is 0.387 e. The number of aryl methyl sites for hydroxylation is 2. The molecule has 0 fully saturated rings. The third-order valence-electron chi connectivity index (χ3n) is 3.79. The van der Waals surface area contributed by atoms with Crippen LogP contribution >= 0.6 is 11.3 Å². The van der Waals surface area contributed by atoms with Gasteiger partial charge in [-0.2, -0.15) is 11.3 Å². The highest BCUT2D eigenvalue weighted by molar-refractivity contribution is 7.07. The molecule has 1 amide bonds. The minimum absolute atomic E-state index is 0.181. The molecular weight excluding hydrogens is 308 g/mol. The van der Waals surface area contributed by atoms with Crippen LogP contribution in [0, 0.1) is 13.8 Å². The lowest BCUT2D eigenvalue weighted by Crippen LogP contribution is -2.29. The van der Waals surface area contributed by atoms with Crippen LogP contribution in [0.1, 0.15) is 33.3 Å². The number of hydrogen-bond acceptors (Lipinski definition) is 4. The fraction of sp³-hybridized carbons (Fsp3) is 0.222. The minimum atomic E-state index is -0.693. The van der Waals surface area contributed by atoms with Gasteiger partial charge in [0.15, 0.2) is 0 Å². The van der Waals surface area contributed by atoms with Gasteiger partial charge in [0.25, 0.3) is 5.91 Å². The number of fused-ring (bicyclic) bond motifs is 1. The topological polar surface area (TPSA) is 62.2 Å². The van der Waals surface area contributed by atoms with Crippen LogP contribution in [0.25, 0.3) is 10.9 Å². The number of benzene rings is 1. The number of pyridine rings is 1. The van der Waals surface area contributed by atoms with Gasteiger partial charge in [-0.3, -0.25) is 9.78 Å². The zero-order chi connectivity index (χ0) is 16.4. The van der Waals surface area contributed by atoms with Crippen molar-refractivity contribution in [1.29, 1.82) is 0 Å². The number of aliphatic hydroxyl groups excluding tert-OH is 1. The summed E-state index contributed by atoms with van der Waals surface area (Å²) >= 11 is 1.52. The van der Waals surface area contributed by atoms with Crippen LogP contribution in [0.5, 0.6) is 0 Å². The van der Waals surface area contributed by atoms with Crippen LogP contribution < -0.4 is 5.32 Å². The van der Waals surface area contributed by atoms with Gasteiger partial charge in [-0.05, 0) is 53.9 Å². The molecule has 0 spiro atoms. The molecule has 118 valence electrons. The van der Waals surface area contributed by atoms with Gasteiger partial charge in [0.05, 0.1) is 22.9 Å². The van der Waals surface area contributed by atoms with Gasteiger partial charge in [0.2, 0.25) is 0 Å². The van der Waals surface area contributed by atoms with E-state index in [4.69, 9.17) is 0 Å². The molecule has 2 N–H and O–H groups in total. The highest BCUT2D eigenvalue weighted by Crippen LogP contribution is 2.19. The van der Waals surface area contributed by atoms with Crippen molar-refractivity contribution in [2.75, 3.05) is 6.54 Å². The van der Waals surface area contributed by atoms with E-state index in [0.29, 0.717) is 11.3 Å². The molecule has 1 aromatic carbocycles. The molecule has 0 saturated carbocycles. The number of amides is 1. The maximum absolute atomic E-state index is 12.4. The second-order valence-corrected chi connectivity index (χ2v) is 6.38. The third kappa shape index (κ3) is 3.41. The Bertz CT molecular complexity index is 844. The third-order valence-corrected chi connectivity index (χ3v) is 4.49. The molecular formula is C18H18N2O2S. The summed E-state index contributed by atoms with van der Waals surface area (Å²) in [5.74, 6) is -0.216. The fourth-order valence-corrected chi connectivity index (χ4v) is 3.18. The monoisotopic (exact) mass is 326 g/mol. The number of rotatable bonds is 4. The number of thiophene rings is 1. The Morgan fingerprint density at radius 3 is 2.87 bits per heavy atom. The van der Waals surface area contributed by atoms with Crippen LogP contribution in [0.4, 0.5) is 0 Å². The Hall–Kier alpha value is -2.24. The number of nitrogens with one attached hydrogen (secondary N) is 1. The lowest BCUT2D eigenvalue weighted by Gasteiger charge is -2.12. The van der Waals surface area contributed by atoms with Gasteiger partial charge in [0.1, 0.15) is 0 Å².